The van der Waals surface area contributed by atoms with Gasteiger partial charge < -0.3 is 9.47 Å². The van der Waals surface area contributed by atoms with Gasteiger partial charge in [0.2, 0.25) is 0 Å². The third-order valence-electron chi connectivity index (χ3n) is 4.34. The molecular weight excluding hydrogens is 457 g/mol. The summed E-state index contributed by atoms with van der Waals surface area (Å²) in [5, 5.41) is 1.39. The first-order valence-electron chi connectivity index (χ1n) is 9.45. The number of hydrogen-bond acceptors (Lipinski definition) is 3. The predicted molar refractivity (Wildman–Crippen MR) is 128 cm³/mol. The van der Waals surface area contributed by atoms with Gasteiger partial charge in [0.1, 0.15) is 23.0 Å². The van der Waals surface area contributed by atoms with E-state index in [0.29, 0.717) is 38.6 Å². The Morgan fingerprint density at radius 2 is 1.22 bits per heavy atom. The molecule has 154 valence electrons. The van der Waals surface area contributed by atoms with Crippen molar-refractivity contribution >= 4 is 42.6 Å². The zero-order chi connectivity index (χ0) is 21.6. The second-order valence-corrected chi connectivity index (χ2v) is 8.60. The van der Waals surface area contributed by atoms with E-state index in [0.717, 1.165) is 5.30 Å². The fourth-order valence-electron chi connectivity index (χ4n) is 2.89. The molecule has 0 heterocycles. The van der Waals surface area contributed by atoms with Crippen molar-refractivity contribution in [1.82, 2.24) is 0 Å². The van der Waals surface area contributed by atoms with E-state index in [1.54, 1.807) is 24.3 Å². The molecule has 1 unspecified atom stereocenters. The van der Waals surface area contributed by atoms with E-state index in [2.05, 4.69) is 0 Å². The zero-order valence-electron chi connectivity index (χ0n) is 17.2. The molecule has 0 N–H and O–H groups in total. The molecule has 0 radical (unpaired) electrons. The number of carbonyl (C=O) groups is 1. The third kappa shape index (κ3) is 6.17. The van der Waals surface area contributed by atoms with Crippen LogP contribution in [0.1, 0.15) is 10.4 Å². The summed E-state index contributed by atoms with van der Waals surface area (Å²) in [6, 6.07) is 29.3. The van der Waals surface area contributed by atoms with E-state index < -0.39 is 0 Å². The molecule has 0 amide bonds. The number of para-hydroxylation sites is 2. The van der Waals surface area contributed by atoms with Gasteiger partial charge in [0.15, 0.2) is 5.52 Å². The van der Waals surface area contributed by atoms with E-state index >= 15 is 0 Å². The summed E-state index contributed by atoms with van der Waals surface area (Å²) in [6.45, 7) is 0. The van der Waals surface area contributed by atoms with Crippen molar-refractivity contribution in [1.29, 1.82) is 0 Å². The Morgan fingerprint density at radius 1 is 0.656 bits per heavy atom. The Morgan fingerprint density at radius 3 is 1.81 bits per heavy atom. The van der Waals surface area contributed by atoms with Crippen LogP contribution >= 0.6 is 31.8 Å². The van der Waals surface area contributed by atoms with Gasteiger partial charge in [-0.2, -0.15) is 0 Å². The van der Waals surface area contributed by atoms with Crippen molar-refractivity contribution < 1.29 is 33.1 Å². The largest absolute Gasteiger partial charge is 1.00 e. The van der Waals surface area contributed by atoms with Crippen LogP contribution < -0.4 is 33.6 Å². The van der Waals surface area contributed by atoms with Crippen molar-refractivity contribution in [2.24, 2.45) is 0 Å². The summed E-state index contributed by atoms with van der Waals surface area (Å²) < 4.78 is 12.0. The van der Waals surface area contributed by atoms with Gasteiger partial charge in [-0.25, -0.2) is 0 Å². The number of benzene rings is 4. The summed E-state index contributed by atoms with van der Waals surface area (Å²) in [5.41, 5.74) is 0.157. The van der Waals surface area contributed by atoms with Crippen LogP contribution in [0.5, 0.6) is 23.0 Å². The molecule has 0 saturated heterocycles. The molecule has 0 aliphatic heterocycles. The van der Waals surface area contributed by atoms with Crippen molar-refractivity contribution in [3.63, 3.8) is 0 Å². The van der Waals surface area contributed by atoms with E-state index in [9.17, 15) is 4.79 Å². The van der Waals surface area contributed by atoms with Gasteiger partial charge >= 0.3 is 18.9 Å². The predicted octanol–water partition coefficient (Wildman–Crippen LogP) is 4.73. The smallest absolute Gasteiger partial charge is 0.457 e. The third-order valence-corrected chi connectivity index (χ3v) is 6.13. The standard InChI is InChI=1S/C25H17Cl2O3P.Li/c26-20-12-7-13-21(27)24(20)25(28)31-23-15-14-19(29-17-8-3-1-4-9-17)16-22(23)30-18-10-5-2-6-11-18;/h1-16,31H;/q;+1. The molecule has 0 aromatic heterocycles. The minimum Gasteiger partial charge on any atom is -0.457 e. The van der Waals surface area contributed by atoms with Crippen LogP contribution in [0.25, 0.3) is 0 Å². The SMILES string of the molecule is O=C(Pc1ccc(Oc2ccccc2)cc1Oc1ccccc1)c1c(Cl)cccc1Cl.[Li+]. The van der Waals surface area contributed by atoms with E-state index in [-0.39, 0.29) is 33.0 Å². The molecule has 4 aromatic carbocycles. The Labute approximate surface area is 210 Å². The van der Waals surface area contributed by atoms with E-state index in [1.807, 2.05) is 72.8 Å². The maximum atomic E-state index is 13.0. The molecule has 0 bridgehead atoms. The molecule has 0 aliphatic rings. The fourth-order valence-corrected chi connectivity index (χ4v) is 4.67. The van der Waals surface area contributed by atoms with Gasteiger partial charge in [0.05, 0.1) is 15.6 Å². The first-order valence-corrected chi connectivity index (χ1v) is 11.2. The average Bonchev–Trinajstić information content (AvgIpc) is 2.77. The zero-order valence-corrected chi connectivity index (χ0v) is 19.7. The quantitative estimate of drug-likeness (QED) is 0.287. The van der Waals surface area contributed by atoms with Crippen LogP contribution in [0.3, 0.4) is 0 Å². The molecule has 0 fully saturated rings. The summed E-state index contributed by atoms with van der Waals surface area (Å²) in [5.74, 6) is 2.51. The molecular formula is C25H17Cl2LiO3P+. The maximum Gasteiger partial charge on any atom is 1.00 e. The molecule has 0 saturated carbocycles. The molecule has 7 heteroatoms. The molecule has 0 aliphatic carbocycles. The topological polar surface area (TPSA) is 35.5 Å². The molecule has 1 atom stereocenters. The van der Waals surface area contributed by atoms with E-state index in [1.165, 1.54) is 0 Å². The molecule has 3 nitrogen and oxygen atoms in total. The second kappa shape index (κ2) is 11.6. The first kappa shape index (κ1) is 24.4. The normalized spacial score (nSPS) is 10.6. The molecule has 0 spiro atoms. The van der Waals surface area contributed by atoms with Gasteiger partial charge in [0.25, 0.3) is 0 Å². The van der Waals surface area contributed by atoms with Crippen molar-refractivity contribution in [3.8, 4) is 23.0 Å². The number of rotatable bonds is 7. The van der Waals surface area contributed by atoms with Gasteiger partial charge in [-0.15, -0.1) is 0 Å². The Bertz CT molecular complexity index is 1180. The van der Waals surface area contributed by atoms with Crippen molar-refractivity contribution in [2.45, 2.75) is 0 Å². The van der Waals surface area contributed by atoms with Gasteiger partial charge in [0, 0.05) is 11.4 Å². The van der Waals surface area contributed by atoms with Gasteiger partial charge in [-0.1, -0.05) is 65.7 Å². The monoisotopic (exact) mass is 473 g/mol. The average molecular weight is 474 g/mol. The fraction of sp³-hybridized carbons (Fsp3) is 0. The van der Waals surface area contributed by atoms with Crippen LogP contribution in [0, 0.1) is 0 Å². The summed E-state index contributed by atoms with van der Waals surface area (Å²) in [6.07, 6.45) is 0. The van der Waals surface area contributed by atoms with Gasteiger partial charge in [-0.05, 0) is 57.1 Å². The van der Waals surface area contributed by atoms with E-state index in [4.69, 9.17) is 32.7 Å². The van der Waals surface area contributed by atoms with Crippen LogP contribution in [0.15, 0.2) is 97.1 Å². The Hall–Kier alpha value is -2.24. The number of carbonyl (C=O) groups excluding carboxylic acids is 1. The van der Waals surface area contributed by atoms with Crippen LogP contribution in [0.2, 0.25) is 10.0 Å². The van der Waals surface area contributed by atoms with Crippen LogP contribution in [-0.2, 0) is 0 Å². The minimum absolute atomic E-state index is 0. The van der Waals surface area contributed by atoms with Gasteiger partial charge in [-0.3, -0.25) is 4.79 Å². The maximum absolute atomic E-state index is 13.0. The molecule has 32 heavy (non-hydrogen) atoms. The summed E-state index contributed by atoms with van der Waals surface area (Å²) in [4.78, 5) is 13.0. The van der Waals surface area contributed by atoms with Crippen molar-refractivity contribution in [3.05, 3.63) is 113 Å². The number of halogens is 2. The number of ether oxygens (including phenoxy) is 2. The molecule has 4 rings (SSSR count). The first-order chi connectivity index (χ1) is 15.1. The molecule has 4 aromatic rings. The minimum atomic E-state index is -0.225. The summed E-state index contributed by atoms with van der Waals surface area (Å²) in [7, 11) is -0.225. The Balaban J connectivity index is 0.00000289. The Kier molecular flexibility index (Phi) is 8.82. The second-order valence-electron chi connectivity index (χ2n) is 6.54. The van der Waals surface area contributed by atoms with Crippen LogP contribution in [0.4, 0.5) is 0 Å². The summed E-state index contributed by atoms with van der Waals surface area (Å²) >= 11 is 12.4. The van der Waals surface area contributed by atoms with Crippen LogP contribution in [-0.4, -0.2) is 5.52 Å². The number of hydrogen-bond donors (Lipinski definition) is 0. The van der Waals surface area contributed by atoms with Crippen molar-refractivity contribution in [2.75, 3.05) is 0 Å².